The minimum absolute atomic E-state index is 0.136. The highest BCUT2D eigenvalue weighted by molar-refractivity contribution is 5.91. The number of amides is 1. The number of aromatic nitrogens is 5. The highest BCUT2D eigenvalue weighted by Gasteiger charge is 2.34. The van der Waals surface area contributed by atoms with Gasteiger partial charge < -0.3 is 9.88 Å². The monoisotopic (exact) mass is 314 g/mol. The number of fused-ring (bicyclic) bond motifs is 1. The molecule has 7 nitrogen and oxygen atoms in total. The molecule has 1 atom stereocenters. The average molecular weight is 314 g/mol. The lowest BCUT2D eigenvalue weighted by molar-refractivity contribution is -0.141. The van der Waals surface area contributed by atoms with Crippen molar-refractivity contribution in [3.05, 3.63) is 23.4 Å². The molecule has 0 aromatic carbocycles. The van der Waals surface area contributed by atoms with Crippen LogP contribution in [0.5, 0.6) is 0 Å². The lowest BCUT2D eigenvalue weighted by Gasteiger charge is -2.22. The number of H-pyrrole nitrogens is 1. The van der Waals surface area contributed by atoms with E-state index in [2.05, 4.69) is 20.6 Å². The van der Waals surface area contributed by atoms with Crippen LogP contribution in [0.1, 0.15) is 23.8 Å². The van der Waals surface area contributed by atoms with Crippen LogP contribution < -0.4 is 5.32 Å². The maximum Gasteiger partial charge on any atom is 0.432 e. The topological polar surface area (TPSA) is 88.5 Å². The number of nitrogens with zero attached hydrogens (tertiary/aromatic N) is 4. The molecular weight excluding hydrogens is 301 g/mol. The molecular formula is C12H13F3N6O. The standard InChI is InChI=1S/C12H13F3N6O/c1-6-17-20-10-3-2-7(5-21(6)10)11(22)16-9-4-8(18-19-9)12(13,14)15/h4,7H,2-3,5H2,1H3,(H2,16,18,19,22). The van der Waals surface area contributed by atoms with E-state index in [0.29, 0.717) is 25.2 Å². The predicted molar refractivity (Wildman–Crippen MR) is 68.8 cm³/mol. The molecule has 1 amide bonds. The molecule has 0 aliphatic carbocycles. The molecule has 0 spiro atoms. The van der Waals surface area contributed by atoms with E-state index >= 15 is 0 Å². The van der Waals surface area contributed by atoms with Gasteiger partial charge in [0.05, 0.1) is 5.92 Å². The van der Waals surface area contributed by atoms with Crippen LogP contribution in [0.3, 0.4) is 0 Å². The van der Waals surface area contributed by atoms with Gasteiger partial charge in [-0.15, -0.1) is 10.2 Å². The zero-order valence-electron chi connectivity index (χ0n) is 11.6. The molecule has 2 aromatic rings. The molecule has 1 aliphatic heterocycles. The third-order valence-corrected chi connectivity index (χ3v) is 3.64. The molecule has 2 N–H and O–H groups in total. The number of alkyl halides is 3. The summed E-state index contributed by atoms with van der Waals surface area (Å²) in [4.78, 5) is 12.2. The van der Waals surface area contributed by atoms with Crippen LogP contribution in [0.25, 0.3) is 0 Å². The summed E-state index contributed by atoms with van der Waals surface area (Å²) in [7, 11) is 0. The first kappa shape index (κ1) is 14.5. The Morgan fingerprint density at radius 2 is 2.23 bits per heavy atom. The summed E-state index contributed by atoms with van der Waals surface area (Å²) < 4.78 is 39.2. The van der Waals surface area contributed by atoms with Crippen molar-refractivity contribution in [2.45, 2.75) is 32.5 Å². The summed E-state index contributed by atoms with van der Waals surface area (Å²) in [5.41, 5.74) is -0.997. The van der Waals surface area contributed by atoms with Crippen LogP contribution in [-0.2, 0) is 23.9 Å². The molecule has 3 rings (SSSR count). The smallest absolute Gasteiger partial charge is 0.314 e. The lowest BCUT2D eigenvalue weighted by Crippen LogP contribution is -2.31. The largest absolute Gasteiger partial charge is 0.432 e. The molecule has 0 fully saturated rings. The second-order valence-corrected chi connectivity index (χ2v) is 5.16. The third kappa shape index (κ3) is 2.68. The van der Waals surface area contributed by atoms with E-state index in [-0.39, 0.29) is 17.6 Å². The van der Waals surface area contributed by atoms with Crippen molar-refractivity contribution in [1.29, 1.82) is 0 Å². The maximum absolute atomic E-state index is 12.5. The van der Waals surface area contributed by atoms with Gasteiger partial charge in [-0.1, -0.05) is 0 Å². The Labute approximate surface area is 122 Å². The number of hydrogen-bond donors (Lipinski definition) is 2. The zero-order chi connectivity index (χ0) is 15.9. The number of aryl methyl sites for hydroxylation is 2. The first-order valence-corrected chi connectivity index (χ1v) is 6.67. The van der Waals surface area contributed by atoms with E-state index in [0.717, 1.165) is 11.9 Å². The van der Waals surface area contributed by atoms with Crippen molar-refractivity contribution < 1.29 is 18.0 Å². The first-order valence-electron chi connectivity index (χ1n) is 6.67. The Bertz CT molecular complexity index is 704. The van der Waals surface area contributed by atoms with E-state index in [1.165, 1.54) is 0 Å². The van der Waals surface area contributed by atoms with Crippen LogP contribution in [0.2, 0.25) is 0 Å². The fourth-order valence-electron chi connectivity index (χ4n) is 2.44. The van der Waals surface area contributed by atoms with E-state index in [4.69, 9.17) is 0 Å². The zero-order valence-corrected chi connectivity index (χ0v) is 11.6. The second kappa shape index (κ2) is 5.11. The SMILES string of the molecule is Cc1nnc2n1CC(C(=O)Nc1cc(C(F)(F)F)[nH]n1)CC2. The number of anilines is 1. The molecule has 118 valence electrons. The molecule has 1 unspecified atom stereocenters. The molecule has 0 saturated carbocycles. The fourth-order valence-corrected chi connectivity index (χ4v) is 2.44. The summed E-state index contributed by atoms with van der Waals surface area (Å²) >= 11 is 0. The Hall–Kier alpha value is -2.39. The van der Waals surface area contributed by atoms with Gasteiger partial charge in [0.2, 0.25) is 5.91 Å². The highest BCUT2D eigenvalue weighted by atomic mass is 19.4. The van der Waals surface area contributed by atoms with Crippen LogP contribution in [0.4, 0.5) is 19.0 Å². The third-order valence-electron chi connectivity index (χ3n) is 3.64. The normalized spacial score (nSPS) is 18.1. The first-order chi connectivity index (χ1) is 10.3. The molecule has 10 heteroatoms. The number of hydrogen-bond acceptors (Lipinski definition) is 4. The Morgan fingerprint density at radius 1 is 1.45 bits per heavy atom. The minimum atomic E-state index is -4.52. The Balaban J connectivity index is 1.68. The Morgan fingerprint density at radius 3 is 2.91 bits per heavy atom. The van der Waals surface area contributed by atoms with Gasteiger partial charge in [0, 0.05) is 19.0 Å². The fraction of sp³-hybridized carbons (Fsp3) is 0.500. The van der Waals surface area contributed by atoms with Gasteiger partial charge in [-0.3, -0.25) is 9.89 Å². The van der Waals surface area contributed by atoms with Crippen LogP contribution in [0, 0.1) is 12.8 Å². The van der Waals surface area contributed by atoms with Crippen LogP contribution >= 0.6 is 0 Å². The number of halogens is 3. The van der Waals surface area contributed by atoms with Gasteiger partial charge in [0.1, 0.15) is 17.3 Å². The second-order valence-electron chi connectivity index (χ2n) is 5.16. The summed E-state index contributed by atoms with van der Waals surface area (Å²) in [5.74, 6) is 0.683. The van der Waals surface area contributed by atoms with Crippen molar-refractivity contribution in [2.75, 3.05) is 5.32 Å². The lowest BCUT2D eigenvalue weighted by atomic mass is 9.98. The molecule has 2 aromatic heterocycles. The van der Waals surface area contributed by atoms with Crippen molar-refractivity contribution in [3.63, 3.8) is 0 Å². The summed E-state index contributed by atoms with van der Waals surface area (Å²) in [5, 5.41) is 15.7. The van der Waals surface area contributed by atoms with Crippen LogP contribution in [0.15, 0.2) is 6.07 Å². The number of aromatic amines is 1. The molecule has 22 heavy (non-hydrogen) atoms. The van der Waals surface area contributed by atoms with Gasteiger partial charge in [-0.25, -0.2) is 0 Å². The van der Waals surface area contributed by atoms with Crippen molar-refractivity contribution in [2.24, 2.45) is 5.92 Å². The van der Waals surface area contributed by atoms with Gasteiger partial charge in [-0.05, 0) is 13.3 Å². The van der Waals surface area contributed by atoms with Gasteiger partial charge >= 0.3 is 6.18 Å². The number of carbonyl (C=O) groups excluding carboxylic acids is 1. The molecule has 3 heterocycles. The number of rotatable bonds is 2. The van der Waals surface area contributed by atoms with Gasteiger partial charge in [0.15, 0.2) is 5.82 Å². The quantitative estimate of drug-likeness (QED) is 0.880. The van der Waals surface area contributed by atoms with E-state index in [1.807, 2.05) is 9.67 Å². The number of carbonyl (C=O) groups is 1. The highest BCUT2D eigenvalue weighted by Crippen LogP contribution is 2.29. The van der Waals surface area contributed by atoms with Crippen molar-refractivity contribution in [3.8, 4) is 0 Å². The van der Waals surface area contributed by atoms with Crippen molar-refractivity contribution in [1.82, 2.24) is 25.0 Å². The van der Waals surface area contributed by atoms with Gasteiger partial charge in [-0.2, -0.15) is 18.3 Å². The molecule has 0 bridgehead atoms. The number of nitrogens with one attached hydrogen (secondary N) is 2. The minimum Gasteiger partial charge on any atom is -0.314 e. The van der Waals surface area contributed by atoms with Crippen molar-refractivity contribution >= 4 is 11.7 Å². The maximum atomic E-state index is 12.5. The van der Waals surface area contributed by atoms with E-state index < -0.39 is 11.9 Å². The molecule has 0 saturated heterocycles. The average Bonchev–Trinajstić information content (AvgIpc) is 3.06. The van der Waals surface area contributed by atoms with Crippen LogP contribution in [-0.4, -0.2) is 30.9 Å². The summed E-state index contributed by atoms with van der Waals surface area (Å²) in [6, 6.07) is 0.774. The van der Waals surface area contributed by atoms with Gasteiger partial charge in [0.25, 0.3) is 0 Å². The summed E-state index contributed by atoms with van der Waals surface area (Å²) in [6.07, 6.45) is -3.34. The predicted octanol–water partition coefficient (Wildman–Crippen LogP) is 1.53. The summed E-state index contributed by atoms with van der Waals surface area (Å²) in [6.45, 7) is 2.21. The molecule has 0 radical (unpaired) electrons. The molecule has 1 aliphatic rings. The van der Waals surface area contributed by atoms with E-state index in [1.54, 1.807) is 6.92 Å². The van der Waals surface area contributed by atoms with E-state index in [9.17, 15) is 18.0 Å². The Kier molecular flexibility index (Phi) is 3.38.